The topological polar surface area (TPSA) is 53.2 Å². The monoisotopic (exact) mass is 273 g/mol. The Balaban J connectivity index is 2.32. The predicted octanol–water partition coefficient (Wildman–Crippen LogP) is 4.06. The van der Waals surface area contributed by atoms with Gasteiger partial charge in [-0.05, 0) is 36.8 Å². The van der Waals surface area contributed by atoms with Gasteiger partial charge in [0.2, 0.25) is 0 Å². The minimum atomic E-state index is -0.585. The Kier molecular flexibility index (Phi) is 4.06. The van der Waals surface area contributed by atoms with E-state index in [2.05, 4.69) is 6.07 Å². The van der Waals surface area contributed by atoms with Crippen molar-refractivity contribution in [1.29, 1.82) is 5.26 Å². The maximum atomic E-state index is 9.47. The molecule has 1 N–H and O–H groups in total. The second-order valence-electron chi connectivity index (χ2n) is 4.08. The Morgan fingerprint density at radius 2 is 1.95 bits per heavy atom. The number of ether oxygens (including phenoxy) is 1. The average molecular weight is 274 g/mol. The smallest absolute Gasteiger partial charge is 0.146 e. The fourth-order valence-electron chi connectivity index (χ4n) is 1.63. The number of para-hydroxylation sites is 1. The number of aliphatic hydroxyl groups excluding tert-OH is 1. The van der Waals surface area contributed by atoms with Gasteiger partial charge in [0.25, 0.3) is 0 Å². The highest BCUT2D eigenvalue weighted by Gasteiger charge is 2.09. The molecule has 2 aromatic rings. The number of halogens is 1. The van der Waals surface area contributed by atoms with Crippen molar-refractivity contribution in [1.82, 2.24) is 0 Å². The summed E-state index contributed by atoms with van der Waals surface area (Å²) in [4.78, 5) is 0. The van der Waals surface area contributed by atoms with Crippen molar-refractivity contribution < 1.29 is 9.84 Å². The molecule has 2 aromatic carbocycles. The zero-order valence-electron chi connectivity index (χ0n) is 10.3. The molecule has 0 heterocycles. The summed E-state index contributed by atoms with van der Waals surface area (Å²) in [5.41, 5.74) is 1.16. The van der Waals surface area contributed by atoms with Gasteiger partial charge in [-0.1, -0.05) is 29.8 Å². The average Bonchev–Trinajstić information content (AvgIpc) is 2.41. The Labute approximate surface area is 116 Å². The molecule has 3 nitrogen and oxygen atoms in total. The SMILES string of the molecule is CC(O)c1ccc(Oc2ccccc2C#N)c(Cl)c1. The first-order chi connectivity index (χ1) is 9.11. The molecule has 0 aromatic heterocycles. The summed E-state index contributed by atoms with van der Waals surface area (Å²) in [6, 6.07) is 14.1. The van der Waals surface area contributed by atoms with Crippen molar-refractivity contribution in [2.75, 3.05) is 0 Å². The first-order valence-electron chi connectivity index (χ1n) is 5.76. The number of nitrogens with zero attached hydrogens (tertiary/aromatic N) is 1. The summed E-state index contributed by atoms with van der Waals surface area (Å²) < 4.78 is 5.63. The fourth-order valence-corrected chi connectivity index (χ4v) is 1.85. The van der Waals surface area contributed by atoms with Crippen molar-refractivity contribution in [2.24, 2.45) is 0 Å². The van der Waals surface area contributed by atoms with E-state index >= 15 is 0 Å². The maximum Gasteiger partial charge on any atom is 0.146 e. The summed E-state index contributed by atoms with van der Waals surface area (Å²) in [5.74, 6) is 0.908. The van der Waals surface area contributed by atoms with E-state index < -0.39 is 6.10 Å². The van der Waals surface area contributed by atoms with Gasteiger partial charge in [-0.2, -0.15) is 5.26 Å². The van der Waals surface area contributed by atoms with E-state index in [9.17, 15) is 5.11 Å². The van der Waals surface area contributed by atoms with Gasteiger partial charge in [-0.25, -0.2) is 0 Å². The molecule has 0 saturated carbocycles. The van der Waals surface area contributed by atoms with Gasteiger partial charge in [-0.3, -0.25) is 0 Å². The molecule has 0 bridgehead atoms. The van der Waals surface area contributed by atoms with Crippen LogP contribution in [-0.4, -0.2) is 5.11 Å². The maximum absolute atomic E-state index is 9.47. The summed E-state index contributed by atoms with van der Waals surface area (Å²) >= 11 is 6.10. The van der Waals surface area contributed by atoms with Crippen molar-refractivity contribution in [3.05, 3.63) is 58.6 Å². The van der Waals surface area contributed by atoms with E-state index in [1.807, 2.05) is 0 Å². The Morgan fingerprint density at radius 3 is 2.58 bits per heavy atom. The molecule has 0 radical (unpaired) electrons. The van der Waals surface area contributed by atoms with Gasteiger partial charge in [0, 0.05) is 0 Å². The molecule has 0 fully saturated rings. The zero-order chi connectivity index (χ0) is 13.8. The van der Waals surface area contributed by atoms with Crippen molar-refractivity contribution in [3.8, 4) is 17.6 Å². The standard InChI is InChI=1S/C15H12ClNO2/c1-10(18)11-6-7-15(13(16)8-11)19-14-5-3-2-4-12(14)9-17/h2-8,10,18H,1H3. The van der Waals surface area contributed by atoms with Crippen LogP contribution in [0.25, 0.3) is 0 Å². The van der Waals surface area contributed by atoms with Gasteiger partial charge < -0.3 is 9.84 Å². The number of rotatable bonds is 3. The molecule has 0 amide bonds. The van der Waals surface area contributed by atoms with Crippen molar-refractivity contribution in [2.45, 2.75) is 13.0 Å². The van der Waals surface area contributed by atoms with Crippen LogP contribution in [0.4, 0.5) is 0 Å². The first-order valence-corrected chi connectivity index (χ1v) is 6.14. The lowest BCUT2D eigenvalue weighted by Gasteiger charge is -2.11. The van der Waals surface area contributed by atoms with Gasteiger partial charge in [-0.15, -0.1) is 0 Å². The van der Waals surface area contributed by atoms with E-state index in [1.54, 1.807) is 49.4 Å². The largest absolute Gasteiger partial charge is 0.454 e. The molecular formula is C15H12ClNO2. The molecule has 1 unspecified atom stereocenters. The van der Waals surface area contributed by atoms with E-state index in [4.69, 9.17) is 21.6 Å². The van der Waals surface area contributed by atoms with E-state index in [1.165, 1.54) is 0 Å². The third-order valence-electron chi connectivity index (χ3n) is 2.67. The molecule has 0 aliphatic heterocycles. The quantitative estimate of drug-likeness (QED) is 0.917. The highest BCUT2D eigenvalue weighted by atomic mass is 35.5. The summed E-state index contributed by atoms with van der Waals surface area (Å²) in [6.07, 6.45) is -0.585. The molecule has 2 rings (SSSR count). The second-order valence-corrected chi connectivity index (χ2v) is 4.48. The number of hydrogen-bond acceptors (Lipinski definition) is 3. The Hall–Kier alpha value is -2.02. The van der Waals surface area contributed by atoms with E-state index in [0.717, 1.165) is 0 Å². The van der Waals surface area contributed by atoms with Crippen LogP contribution in [-0.2, 0) is 0 Å². The molecule has 96 valence electrons. The number of hydrogen-bond donors (Lipinski definition) is 1. The van der Waals surface area contributed by atoms with Crippen LogP contribution in [0.3, 0.4) is 0 Å². The Morgan fingerprint density at radius 1 is 1.21 bits per heavy atom. The van der Waals surface area contributed by atoms with Crippen LogP contribution in [0, 0.1) is 11.3 Å². The van der Waals surface area contributed by atoms with Crippen LogP contribution < -0.4 is 4.74 Å². The minimum absolute atomic E-state index is 0.395. The normalized spacial score (nSPS) is 11.7. The lowest BCUT2D eigenvalue weighted by Crippen LogP contribution is -1.93. The number of nitriles is 1. The fraction of sp³-hybridized carbons (Fsp3) is 0.133. The highest BCUT2D eigenvalue weighted by molar-refractivity contribution is 6.32. The number of aliphatic hydroxyl groups is 1. The minimum Gasteiger partial charge on any atom is -0.454 e. The molecule has 0 saturated heterocycles. The Bertz CT molecular complexity index is 632. The van der Waals surface area contributed by atoms with Gasteiger partial charge in [0.1, 0.15) is 17.6 Å². The van der Waals surface area contributed by atoms with Crippen LogP contribution in [0.2, 0.25) is 5.02 Å². The first kappa shape index (κ1) is 13.4. The van der Waals surface area contributed by atoms with Gasteiger partial charge in [0.15, 0.2) is 0 Å². The van der Waals surface area contributed by atoms with Crippen molar-refractivity contribution in [3.63, 3.8) is 0 Å². The van der Waals surface area contributed by atoms with Crippen LogP contribution in [0.5, 0.6) is 11.5 Å². The molecule has 19 heavy (non-hydrogen) atoms. The van der Waals surface area contributed by atoms with E-state index in [-0.39, 0.29) is 0 Å². The lowest BCUT2D eigenvalue weighted by molar-refractivity contribution is 0.199. The molecule has 1 atom stereocenters. The van der Waals surface area contributed by atoms with Gasteiger partial charge in [0.05, 0.1) is 16.7 Å². The van der Waals surface area contributed by atoms with Crippen LogP contribution >= 0.6 is 11.6 Å². The predicted molar refractivity (Wildman–Crippen MR) is 73.3 cm³/mol. The molecule has 0 spiro atoms. The molecule has 0 aliphatic rings. The van der Waals surface area contributed by atoms with Crippen LogP contribution in [0.15, 0.2) is 42.5 Å². The second kappa shape index (κ2) is 5.75. The summed E-state index contributed by atoms with van der Waals surface area (Å²) in [7, 11) is 0. The summed E-state index contributed by atoms with van der Waals surface area (Å²) in [5, 5.41) is 18.8. The summed E-state index contributed by atoms with van der Waals surface area (Å²) in [6.45, 7) is 1.66. The lowest BCUT2D eigenvalue weighted by atomic mass is 10.1. The molecule has 4 heteroatoms. The molecular weight excluding hydrogens is 262 g/mol. The third-order valence-corrected chi connectivity index (χ3v) is 2.96. The van der Waals surface area contributed by atoms with Crippen molar-refractivity contribution >= 4 is 11.6 Å². The van der Waals surface area contributed by atoms with Crippen LogP contribution in [0.1, 0.15) is 24.2 Å². The third kappa shape index (κ3) is 3.05. The zero-order valence-corrected chi connectivity index (χ0v) is 11.1. The number of benzene rings is 2. The van der Waals surface area contributed by atoms with Gasteiger partial charge >= 0.3 is 0 Å². The highest BCUT2D eigenvalue weighted by Crippen LogP contribution is 2.32. The molecule has 0 aliphatic carbocycles. The van der Waals surface area contributed by atoms with E-state index in [0.29, 0.717) is 27.6 Å².